The van der Waals surface area contributed by atoms with Gasteiger partial charge in [0, 0.05) is 19.2 Å². The molecule has 110 valence electrons. The van der Waals surface area contributed by atoms with Crippen molar-refractivity contribution in [2.75, 3.05) is 19.6 Å². The lowest BCUT2D eigenvalue weighted by Gasteiger charge is -2.19. The van der Waals surface area contributed by atoms with Gasteiger partial charge in [-0.25, -0.2) is 4.39 Å². The van der Waals surface area contributed by atoms with Crippen LogP contribution in [0.2, 0.25) is 5.02 Å². The molecule has 6 heteroatoms. The Labute approximate surface area is 128 Å². The molecule has 0 aliphatic rings. The smallest absolute Gasteiger partial charge is 0.178 e. The van der Waals surface area contributed by atoms with E-state index in [1.165, 1.54) is 6.07 Å². The van der Waals surface area contributed by atoms with Crippen molar-refractivity contribution in [2.45, 2.75) is 26.8 Å². The van der Waals surface area contributed by atoms with Crippen molar-refractivity contribution in [1.82, 2.24) is 14.5 Å². The lowest BCUT2D eigenvalue weighted by atomic mass is 10.3. The van der Waals surface area contributed by atoms with Crippen LogP contribution in [0.3, 0.4) is 0 Å². The molecule has 0 amide bonds. The first-order valence-corrected chi connectivity index (χ1v) is 7.65. The van der Waals surface area contributed by atoms with Gasteiger partial charge >= 0.3 is 0 Å². The van der Waals surface area contributed by atoms with Gasteiger partial charge in [-0.1, -0.05) is 25.4 Å². The number of imidazole rings is 1. The summed E-state index contributed by atoms with van der Waals surface area (Å²) in [4.78, 5) is 5.40. The molecule has 1 aromatic heterocycles. The van der Waals surface area contributed by atoms with Crippen LogP contribution >= 0.6 is 23.8 Å². The van der Waals surface area contributed by atoms with Crippen molar-refractivity contribution in [1.29, 1.82) is 0 Å². The third kappa shape index (κ3) is 3.22. The third-order valence-corrected chi connectivity index (χ3v) is 4.06. The Bertz CT molecular complexity index is 650. The molecule has 0 bridgehead atoms. The van der Waals surface area contributed by atoms with E-state index in [1.54, 1.807) is 6.07 Å². The van der Waals surface area contributed by atoms with Gasteiger partial charge in [-0.15, -0.1) is 0 Å². The fourth-order valence-electron chi connectivity index (χ4n) is 2.36. The van der Waals surface area contributed by atoms with Gasteiger partial charge in [-0.3, -0.25) is 0 Å². The van der Waals surface area contributed by atoms with Crippen LogP contribution in [0, 0.1) is 10.6 Å². The molecule has 0 atom stereocenters. The Morgan fingerprint density at radius 2 is 2.10 bits per heavy atom. The highest BCUT2D eigenvalue weighted by atomic mass is 35.5. The van der Waals surface area contributed by atoms with Crippen molar-refractivity contribution in [2.24, 2.45) is 0 Å². The van der Waals surface area contributed by atoms with Crippen molar-refractivity contribution in [3.8, 4) is 0 Å². The normalized spacial score (nSPS) is 11.7. The van der Waals surface area contributed by atoms with Crippen molar-refractivity contribution in [3.63, 3.8) is 0 Å². The van der Waals surface area contributed by atoms with E-state index in [0.29, 0.717) is 10.3 Å². The molecule has 2 rings (SSSR count). The van der Waals surface area contributed by atoms with E-state index in [0.717, 1.165) is 38.1 Å². The Morgan fingerprint density at radius 1 is 1.35 bits per heavy atom. The van der Waals surface area contributed by atoms with Crippen LogP contribution in [0.15, 0.2) is 12.1 Å². The van der Waals surface area contributed by atoms with E-state index in [2.05, 4.69) is 23.7 Å². The zero-order valence-corrected chi connectivity index (χ0v) is 13.3. The molecule has 0 unspecified atom stereocenters. The number of H-pyrrole nitrogens is 1. The number of likely N-dealkylation sites (N-methyl/N-ethyl adjacent to an activating group) is 1. The molecule has 0 spiro atoms. The van der Waals surface area contributed by atoms with Crippen LogP contribution in [0.5, 0.6) is 0 Å². The van der Waals surface area contributed by atoms with Gasteiger partial charge in [0.25, 0.3) is 0 Å². The average Bonchev–Trinajstić information content (AvgIpc) is 2.70. The van der Waals surface area contributed by atoms with Gasteiger partial charge in [0.2, 0.25) is 0 Å². The molecular weight excluding hydrogens is 297 g/mol. The highest BCUT2D eigenvalue weighted by Crippen LogP contribution is 2.22. The van der Waals surface area contributed by atoms with Gasteiger partial charge < -0.3 is 14.5 Å². The summed E-state index contributed by atoms with van der Waals surface area (Å²) in [5, 5.41) is 0.126. The van der Waals surface area contributed by atoms with Crippen LogP contribution in [0.25, 0.3) is 11.0 Å². The molecule has 0 saturated heterocycles. The summed E-state index contributed by atoms with van der Waals surface area (Å²) < 4.78 is 16.0. The number of hydrogen-bond donors (Lipinski definition) is 1. The van der Waals surface area contributed by atoms with Crippen LogP contribution in [0.1, 0.15) is 20.3 Å². The number of nitrogens with zero attached hydrogens (tertiary/aromatic N) is 2. The minimum Gasteiger partial charge on any atom is -0.330 e. The molecule has 3 nitrogen and oxygen atoms in total. The predicted octanol–water partition coefficient (Wildman–Crippen LogP) is 4.22. The molecule has 1 heterocycles. The minimum atomic E-state index is -0.427. The van der Waals surface area contributed by atoms with E-state index in [1.807, 2.05) is 4.57 Å². The van der Waals surface area contributed by atoms with Crippen LogP contribution in [0.4, 0.5) is 4.39 Å². The van der Waals surface area contributed by atoms with E-state index in [-0.39, 0.29) is 5.02 Å². The highest BCUT2D eigenvalue weighted by molar-refractivity contribution is 7.71. The molecular formula is C14H19ClFN3S. The maximum atomic E-state index is 13.5. The van der Waals surface area contributed by atoms with Crippen molar-refractivity contribution < 1.29 is 4.39 Å². The number of benzene rings is 1. The average molecular weight is 316 g/mol. The third-order valence-electron chi connectivity index (χ3n) is 3.44. The predicted molar refractivity (Wildman–Crippen MR) is 84.5 cm³/mol. The second-order valence-corrected chi connectivity index (χ2v) is 5.59. The molecule has 1 N–H and O–H groups in total. The lowest BCUT2D eigenvalue weighted by Crippen LogP contribution is -2.28. The zero-order valence-electron chi connectivity index (χ0n) is 11.7. The molecule has 1 aromatic carbocycles. The summed E-state index contributed by atoms with van der Waals surface area (Å²) in [6.07, 6.45) is 1.13. The SMILES string of the molecule is CCCN(CC)CCn1c(=S)[nH]c2cc(F)c(Cl)cc21. The number of aromatic nitrogens is 2. The first kappa shape index (κ1) is 15.5. The highest BCUT2D eigenvalue weighted by Gasteiger charge is 2.10. The first-order valence-electron chi connectivity index (χ1n) is 6.86. The number of hydrogen-bond acceptors (Lipinski definition) is 2. The minimum absolute atomic E-state index is 0.126. The second-order valence-electron chi connectivity index (χ2n) is 4.80. The second kappa shape index (κ2) is 6.70. The molecule has 0 aliphatic heterocycles. The Morgan fingerprint density at radius 3 is 2.75 bits per heavy atom. The number of halogens is 2. The maximum Gasteiger partial charge on any atom is 0.178 e. The van der Waals surface area contributed by atoms with Gasteiger partial charge in [0.05, 0.1) is 16.1 Å². The fraction of sp³-hybridized carbons (Fsp3) is 0.500. The van der Waals surface area contributed by atoms with Crippen molar-refractivity contribution >= 4 is 34.9 Å². The summed E-state index contributed by atoms with van der Waals surface area (Å²) in [6.45, 7) is 8.09. The van der Waals surface area contributed by atoms with Crippen LogP contribution < -0.4 is 0 Å². The van der Waals surface area contributed by atoms with Gasteiger partial charge in [-0.2, -0.15) is 0 Å². The summed E-state index contributed by atoms with van der Waals surface area (Å²) in [5.41, 5.74) is 1.55. The largest absolute Gasteiger partial charge is 0.330 e. The fourth-order valence-corrected chi connectivity index (χ4v) is 2.82. The monoisotopic (exact) mass is 315 g/mol. The molecule has 0 saturated carbocycles. The summed E-state index contributed by atoms with van der Waals surface area (Å²) >= 11 is 11.2. The van der Waals surface area contributed by atoms with Gasteiger partial charge in [0.1, 0.15) is 5.82 Å². The van der Waals surface area contributed by atoms with Crippen LogP contribution in [-0.4, -0.2) is 34.1 Å². The van der Waals surface area contributed by atoms with E-state index >= 15 is 0 Å². The lowest BCUT2D eigenvalue weighted by molar-refractivity contribution is 0.277. The topological polar surface area (TPSA) is 24.0 Å². The van der Waals surface area contributed by atoms with Gasteiger partial charge in [-0.05, 0) is 37.8 Å². The number of nitrogens with one attached hydrogen (secondary N) is 1. The molecule has 0 aliphatic carbocycles. The van der Waals surface area contributed by atoms with E-state index in [9.17, 15) is 4.39 Å². The number of aromatic amines is 1. The van der Waals surface area contributed by atoms with Gasteiger partial charge in [0.15, 0.2) is 4.77 Å². The first-order chi connectivity index (χ1) is 9.56. The molecule has 2 aromatic rings. The Hall–Kier alpha value is -0.910. The quantitative estimate of drug-likeness (QED) is 0.807. The Balaban J connectivity index is 2.27. The van der Waals surface area contributed by atoms with E-state index in [4.69, 9.17) is 23.8 Å². The Kier molecular flexibility index (Phi) is 5.18. The zero-order chi connectivity index (χ0) is 14.7. The standard InChI is InChI=1S/C14H19ClFN3S/c1-3-5-18(4-2)6-7-19-13-8-10(15)11(16)9-12(13)17-14(19)20/h8-9H,3-7H2,1-2H3,(H,17,20). The molecule has 0 radical (unpaired) electrons. The maximum absolute atomic E-state index is 13.5. The number of fused-ring (bicyclic) bond motifs is 1. The van der Waals surface area contributed by atoms with E-state index < -0.39 is 5.82 Å². The van der Waals surface area contributed by atoms with Crippen molar-refractivity contribution in [3.05, 3.63) is 27.7 Å². The molecule has 0 fully saturated rings. The summed E-state index contributed by atoms with van der Waals surface area (Å²) in [5.74, 6) is -0.427. The summed E-state index contributed by atoms with van der Waals surface area (Å²) in [7, 11) is 0. The van der Waals surface area contributed by atoms with Crippen LogP contribution in [-0.2, 0) is 6.54 Å². The summed E-state index contributed by atoms with van der Waals surface area (Å²) in [6, 6.07) is 3.03. The molecule has 20 heavy (non-hydrogen) atoms. The number of rotatable bonds is 6.